The number of aryl methyl sites for hydroxylation is 1. The van der Waals surface area contributed by atoms with Gasteiger partial charge in [-0.1, -0.05) is 42.5 Å². The van der Waals surface area contributed by atoms with E-state index in [1.54, 1.807) is 36.4 Å². The van der Waals surface area contributed by atoms with Crippen LogP contribution in [0.25, 0.3) is 10.8 Å². The third kappa shape index (κ3) is 4.84. The lowest BCUT2D eigenvalue weighted by Crippen LogP contribution is -2.36. The highest BCUT2D eigenvalue weighted by molar-refractivity contribution is 7.92. The highest BCUT2D eigenvalue weighted by atomic mass is 32.2. The molecule has 0 aliphatic rings. The van der Waals surface area contributed by atoms with Gasteiger partial charge in [0, 0.05) is 22.9 Å². The number of methoxy groups -OCH3 is 1. The van der Waals surface area contributed by atoms with Crippen LogP contribution in [0.15, 0.2) is 89.8 Å². The Morgan fingerprint density at radius 1 is 0.889 bits per heavy atom. The number of nitro benzene ring substituents is 1. The van der Waals surface area contributed by atoms with E-state index in [1.807, 2.05) is 31.2 Å². The molecule has 0 saturated heterocycles. The highest BCUT2D eigenvalue weighted by Gasteiger charge is 2.30. The number of esters is 1. The van der Waals surface area contributed by atoms with Crippen LogP contribution in [0.3, 0.4) is 0 Å². The van der Waals surface area contributed by atoms with Gasteiger partial charge >= 0.3 is 5.97 Å². The standard InChI is InChI=1S/C26H22N2O7S/c1-18-7-3-6-10-24(18)35-25-16-15-23(21-8-4-5-9-22(21)25)27(17-26(29)34-2)36(32,33)20-13-11-19(12-14-20)28(30)31/h3-16H,17H2,1-2H3. The molecule has 184 valence electrons. The molecule has 0 unspecified atom stereocenters. The number of fused-ring (bicyclic) bond motifs is 1. The summed E-state index contributed by atoms with van der Waals surface area (Å²) in [5.41, 5.74) is 0.904. The van der Waals surface area contributed by atoms with Crippen molar-refractivity contribution < 1.29 is 27.6 Å². The highest BCUT2D eigenvalue weighted by Crippen LogP contribution is 2.38. The fourth-order valence-corrected chi connectivity index (χ4v) is 5.13. The molecule has 4 aromatic rings. The van der Waals surface area contributed by atoms with E-state index in [1.165, 1.54) is 0 Å². The summed E-state index contributed by atoms with van der Waals surface area (Å²) in [6.45, 7) is 1.32. The molecule has 0 saturated carbocycles. The summed E-state index contributed by atoms with van der Waals surface area (Å²) in [5.74, 6) is 0.388. The molecular formula is C26H22N2O7S. The van der Waals surface area contributed by atoms with E-state index < -0.39 is 27.5 Å². The Balaban J connectivity index is 1.85. The third-order valence-corrected chi connectivity index (χ3v) is 7.35. The predicted octanol–water partition coefficient (Wildman–Crippen LogP) is 5.22. The van der Waals surface area contributed by atoms with E-state index >= 15 is 0 Å². The van der Waals surface area contributed by atoms with Gasteiger partial charge in [0.25, 0.3) is 15.7 Å². The first-order chi connectivity index (χ1) is 17.2. The number of rotatable bonds is 8. The van der Waals surface area contributed by atoms with Crippen LogP contribution in [0, 0.1) is 17.0 Å². The Labute approximate surface area is 207 Å². The van der Waals surface area contributed by atoms with Crippen molar-refractivity contribution in [3.8, 4) is 11.5 Å². The minimum Gasteiger partial charge on any atom is -0.468 e. The average molecular weight is 507 g/mol. The summed E-state index contributed by atoms with van der Waals surface area (Å²) >= 11 is 0. The number of carbonyl (C=O) groups excluding carboxylic acids is 1. The summed E-state index contributed by atoms with van der Waals surface area (Å²) in [4.78, 5) is 22.4. The molecule has 0 bridgehead atoms. The molecule has 4 rings (SSSR count). The summed E-state index contributed by atoms with van der Waals surface area (Å²) in [6, 6.07) is 22.2. The number of benzene rings is 4. The van der Waals surface area contributed by atoms with E-state index in [2.05, 4.69) is 0 Å². The van der Waals surface area contributed by atoms with Crippen molar-refractivity contribution >= 4 is 38.1 Å². The second-order valence-electron chi connectivity index (χ2n) is 7.83. The topological polar surface area (TPSA) is 116 Å². The number of hydrogen-bond donors (Lipinski definition) is 0. The lowest BCUT2D eigenvalue weighted by molar-refractivity contribution is -0.384. The molecule has 36 heavy (non-hydrogen) atoms. The maximum Gasteiger partial charge on any atom is 0.326 e. The van der Waals surface area contributed by atoms with E-state index in [0.717, 1.165) is 41.2 Å². The summed E-state index contributed by atoms with van der Waals surface area (Å²) in [7, 11) is -3.14. The quantitative estimate of drug-likeness (QED) is 0.183. The van der Waals surface area contributed by atoms with Crippen LogP contribution in [0.4, 0.5) is 11.4 Å². The third-order valence-electron chi connectivity index (χ3n) is 5.58. The molecule has 0 spiro atoms. The normalized spacial score (nSPS) is 11.2. The lowest BCUT2D eigenvalue weighted by Gasteiger charge is -2.25. The molecule has 0 aromatic heterocycles. The van der Waals surface area contributed by atoms with Crippen LogP contribution >= 0.6 is 0 Å². The Morgan fingerprint density at radius 3 is 2.17 bits per heavy atom. The number of carbonyl (C=O) groups is 1. The summed E-state index contributed by atoms with van der Waals surface area (Å²) in [5, 5.41) is 12.2. The van der Waals surface area contributed by atoms with Gasteiger partial charge in [-0.15, -0.1) is 0 Å². The fourth-order valence-electron chi connectivity index (χ4n) is 3.70. The number of nitro groups is 1. The lowest BCUT2D eigenvalue weighted by atomic mass is 10.1. The van der Waals surface area contributed by atoms with Crippen molar-refractivity contribution in [1.29, 1.82) is 0 Å². The summed E-state index contributed by atoms with van der Waals surface area (Å²) < 4.78 is 39.1. The van der Waals surface area contributed by atoms with Crippen LogP contribution in [0.5, 0.6) is 11.5 Å². The maximum absolute atomic E-state index is 13.6. The van der Waals surface area contributed by atoms with Crippen LogP contribution in [-0.2, 0) is 19.6 Å². The number of hydrogen-bond acceptors (Lipinski definition) is 7. The predicted molar refractivity (Wildman–Crippen MR) is 135 cm³/mol. The van der Waals surface area contributed by atoms with E-state index in [4.69, 9.17) is 9.47 Å². The van der Waals surface area contributed by atoms with Gasteiger partial charge in [0.1, 0.15) is 18.0 Å². The largest absolute Gasteiger partial charge is 0.468 e. The molecular weight excluding hydrogens is 484 g/mol. The zero-order valence-corrected chi connectivity index (χ0v) is 20.3. The van der Waals surface area contributed by atoms with Crippen molar-refractivity contribution in [1.82, 2.24) is 0 Å². The van der Waals surface area contributed by atoms with E-state index in [9.17, 15) is 23.3 Å². The van der Waals surface area contributed by atoms with E-state index in [0.29, 0.717) is 22.3 Å². The number of sulfonamides is 1. The summed E-state index contributed by atoms with van der Waals surface area (Å²) in [6.07, 6.45) is 0. The Bertz CT molecular complexity index is 1550. The van der Waals surface area contributed by atoms with Crippen molar-refractivity contribution in [2.24, 2.45) is 0 Å². The molecule has 10 heteroatoms. The zero-order chi connectivity index (χ0) is 25.9. The number of para-hydroxylation sites is 1. The number of nitrogens with zero attached hydrogens (tertiary/aromatic N) is 2. The first-order valence-electron chi connectivity index (χ1n) is 10.8. The second kappa shape index (κ2) is 10.0. The smallest absolute Gasteiger partial charge is 0.326 e. The Morgan fingerprint density at radius 2 is 1.53 bits per heavy atom. The van der Waals surface area contributed by atoms with Gasteiger partial charge in [0.2, 0.25) is 0 Å². The number of anilines is 1. The van der Waals surface area contributed by atoms with Gasteiger partial charge in [-0.25, -0.2) is 8.42 Å². The molecule has 4 aromatic carbocycles. The molecule has 0 heterocycles. The monoisotopic (exact) mass is 506 g/mol. The average Bonchev–Trinajstić information content (AvgIpc) is 2.88. The van der Waals surface area contributed by atoms with Crippen molar-refractivity contribution in [3.63, 3.8) is 0 Å². The maximum atomic E-state index is 13.6. The molecule has 0 fully saturated rings. The van der Waals surface area contributed by atoms with Gasteiger partial charge in [0.05, 0.1) is 22.6 Å². The zero-order valence-electron chi connectivity index (χ0n) is 19.5. The SMILES string of the molecule is COC(=O)CN(c1ccc(Oc2ccccc2C)c2ccccc12)S(=O)(=O)c1ccc([N+](=O)[O-])cc1. The van der Waals surface area contributed by atoms with Gasteiger partial charge in [-0.05, 0) is 42.8 Å². The van der Waals surface area contributed by atoms with Gasteiger partial charge in [-0.2, -0.15) is 0 Å². The first kappa shape index (κ1) is 24.7. The number of ether oxygens (including phenoxy) is 2. The van der Waals surface area contributed by atoms with Crippen LogP contribution in [0.2, 0.25) is 0 Å². The minimum atomic E-state index is -4.30. The van der Waals surface area contributed by atoms with E-state index in [-0.39, 0.29) is 16.3 Å². The fraction of sp³-hybridized carbons (Fsp3) is 0.115. The first-order valence-corrected chi connectivity index (χ1v) is 12.3. The van der Waals surface area contributed by atoms with Crippen LogP contribution < -0.4 is 9.04 Å². The van der Waals surface area contributed by atoms with Crippen molar-refractivity contribution in [2.75, 3.05) is 18.0 Å². The molecule has 0 aliphatic carbocycles. The Hall–Kier alpha value is -4.44. The Kier molecular flexibility index (Phi) is 6.89. The molecule has 0 amide bonds. The molecule has 0 aliphatic heterocycles. The van der Waals surface area contributed by atoms with Gasteiger partial charge in [0.15, 0.2) is 0 Å². The second-order valence-corrected chi connectivity index (χ2v) is 9.70. The molecule has 9 nitrogen and oxygen atoms in total. The van der Waals surface area contributed by atoms with Gasteiger partial charge in [-0.3, -0.25) is 19.2 Å². The molecule has 0 radical (unpaired) electrons. The number of non-ortho nitro benzene ring substituents is 1. The van der Waals surface area contributed by atoms with Gasteiger partial charge < -0.3 is 9.47 Å². The van der Waals surface area contributed by atoms with Crippen molar-refractivity contribution in [3.05, 3.63) is 101 Å². The molecule has 0 N–H and O–H groups in total. The minimum absolute atomic E-state index is 0.207. The molecule has 0 atom stereocenters. The van der Waals surface area contributed by atoms with Crippen LogP contribution in [0.1, 0.15) is 5.56 Å². The van der Waals surface area contributed by atoms with Crippen LogP contribution in [-0.4, -0.2) is 33.0 Å². The van der Waals surface area contributed by atoms with Crippen molar-refractivity contribution in [2.45, 2.75) is 11.8 Å².